The molecule has 1 aromatic heterocycles. The van der Waals surface area contributed by atoms with E-state index < -0.39 is 11.9 Å². The van der Waals surface area contributed by atoms with Crippen molar-refractivity contribution in [1.82, 2.24) is 15.3 Å². The van der Waals surface area contributed by atoms with E-state index in [4.69, 9.17) is 9.84 Å². The van der Waals surface area contributed by atoms with Crippen LogP contribution in [0, 0.1) is 0 Å². The van der Waals surface area contributed by atoms with Crippen LogP contribution < -0.4 is 10.1 Å². The molecule has 2 aromatic rings. The number of carbonyl (C=O) groups is 2. The second-order valence-electron chi connectivity index (χ2n) is 4.09. The van der Waals surface area contributed by atoms with Crippen molar-refractivity contribution >= 4 is 11.9 Å². The Morgan fingerprint density at radius 1 is 1.14 bits per heavy atom. The second-order valence-corrected chi connectivity index (χ2v) is 4.09. The monoisotopic (exact) mass is 287 g/mol. The Kier molecular flexibility index (Phi) is 4.45. The van der Waals surface area contributed by atoms with Crippen LogP contribution in [0.5, 0.6) is 5.75 Å². The van der Waals surface area contributed by atoms with E-state index in [1.165, 1.54) is 12.4 Å². The summed E-state index contributed by atoms with van der Waals surface area (Å²) >= 11 is 0. The van der Waals surface area contributed by atoms with Gasteiger partial charge >= 0.3 is 5.97 Å². The Labute approximate surface area is 120 Å². The third-order valence-electron chi connectivity index (χ3n) is 2.73. The zero-order valence-electron chi connectivity index (χ0n) is 11.2. The molecule has 21 heavy (non-hydrogen) atoms. The van der Waals surface area contributed by atoms with E-state index in [1.807, 2.05) is 0 Å². The molecule has 0 aliphatic heterocycles. The lowest BCUT2D eigenvalue weighted by Gasteiger charge is -2.07. The average molecular weight is 287 g/mol. The first-order valence-corrected chi connectivity index (χ1v) is 6.07. The lowest BCUT2D eigenvalue weighted by molar-refractivity contribution is 0.0683. The number of nitrogens with one attached hydrogen (secondary N) is 1. The van der Waals surface area contributed by atoms with Crippen molar-refractivity contribution in [2.75, 3.05) is 7.11 Å². The summed E-state index contributed by atoms with van der Waals surface area (Å²) in [6.45, 7) is 0.248. The number of hydrogen-bond acceptors (Lipinski definition) is 5. The Morgan fingerprint density at radius 2 is 1.76 bits per heavy atom. The smallest absolute Gasteiger partial charge is 0.356 e. The summed E-state index contributed by atoms with van der Waals surface area (Å²) in [5.41, 5.74) is 0.271. The van der Waals surface area contributed by atoms with Gasteiger partial charge in [0.05, 0.1) is 7.11 Å². The van der Waals surface area contributed by atoms with Crippen LogP contribution in [0.15, 0.2) is 36.7 Å². The first-order valence-electron chi connectivity index (χ1n) is 6.07. The van der Waals surface area contributed by atoms with Gasteiger partial charge in [-0.25, -0.2) is 14.8 Å². The molecule has 0 unspecified atom stereocenters. The molecule has 0 fully saturated rings. The standard InChI is InChI=1S/C14H13N3O4/c1-21-10-4-2-9(3-5-10)8-17-13(18)11-12(14(19)20)16-7-6-15-11/h2-7H,8H2,1H3,(H,17,18)(H,19,20). The normalized spacial score (nSPS) is 9.95. The van der Waals surface area contributed by atoms with Crippen LogP contribution in [0.2, 0.25) is 0 Å². The first kappa shape index (κ1) is 14.4. The van der Waals surface area contributed by atoms with Gasteiger partial charge in [0.1, 0.15) is 5.75 Å². The molecule has 1 heterocycles. The number of amides is 1. The summed E-state index contributed by atoms with van der Waals surface area (Å²) in [7, 11) is 1.57. The van der Waals surface area contributed by atoms with E-state index in [1.54, 1.807) is 31.4 Å². The molecule has 1 aromatic carbocycles. The predicted octanol–water partition coefficient (Wildman–Crippen LogP) is 1.11. The van der Waals surface area contributed by atoms with Gasteiger partial charge in [-0.3, -0.25) is 4.79 Å². The highest BCUT2D eigenvalue weighted by Gasteiger charge is 2.18. The summed E-state index contributed by atoms with van der Waals surface area (Å²) in [5.74, 6) is -1.17. The molecule has 0 saturated heterocycles. The summed E-state index contributed by atoms with van der Waals surface area (Å²) in [6, 6.07) is 7.14. The molecule has 0 radical (unpaired) electrons. The van der Waals surface area contributed by atoms with Gasteiger partial charge in [0, 0.05) is 18.9 Å². The van der Waals surface area contributed by atoms with E-state index in [0.29, 0.717) is 5.75 Å². The fourth-order valence-corrected chi connectivity index (χ4v) is 1.67. The van der Waals surface area contributed by atoms with Crippen LogP contribution in [0.3, 0.4) is 0 Å². The van der Waals surface area contributed by atoms with Crippen LogP contribution in [-0.4, -0.2) is 34.1 Å². The minimum Gasteiger partial charge on any atom is -0.497 e. The van der Waals surface area contributed by atoms with Crippen LogP contribution >= 0.6 is 0 Å². The molecular formula is C14H13N3O4. The van der Waals surface area contributed by atoms with Gasteiger partial charge in [-0.05, 0) is 17.7 Å². The molecule has 0 aliphatic rings. The SMILES string of the molecule is COc1ccc(CNC(=O)c2nccnc2C(=O)O)cc1. The van der Waals surface area contributed by atoms with Gasteiger partial charge in [-0.2, -0.15) is 0 Å². The number of rotatable bonds is 5. The van der Waals surface area contributed by atoms with Crippen molar-refractivity contribution < 1.29 is 19.4 Å². The first-order chi connectivity index (χ1) is 10.1. The second kappa shape index (κ2) is 6.47. The quantitative estimate of drug-likeness (QED) is 0.854. The highest BCUT2D eigenvalue weighted by molar-refractivity contribution is 6.01. The summed E-state index contributed by atoms with van der Waals surface area (Å²) in [4.78, 5) is 30.3. The van der Waals surface area contributed by atoms with E-state index in [-0.39, 0.29) is 17.9 Å². The third-order valence-corrected chi connectivity index (χ3v) is 2.73. The number of nitrogens with zero attached hydrogens (tertiary/aromatic N) is 2. The summed E-state index contributed by atoms with van der Waals surface area (Å²) < 4.78 is 5.04. The van der Waals surface area contributed by atoms with Gasteiger partial charge in [-0.15, -0.1) is 0 Å². The molecule has 7 nitrogen and oxygen atoms in total. The molecule has 7 heteroatoms. The number of benzene rings is 1. The summed E-state index contributed by atoms with van der Waals surface area (Å²) in [6.07, 6.45) is 2.50. The Hall–Kier alpha value is -2.96. The minimum absolute atomic E-state index is 0.210. The van der Waals surface area contributed by atoms with Gasteiger partial charge < -0.3 is 15.2 Å². The molecule has 2 N–H and O–H groups in total. The van der Waals surface area contributed by atoms with Gasteiger partial charge in [0.2, 0.25) is 0 Å². The van der Waals surface area contributed by atoms with Gasteiger partial charge in [-0.1, -0.05) is 12.1 Å². The maximum Gasteiger partial charge on any atom is 0.356 e. The maximum atomic E-state index is 12.0. The largest absolute Gasteiger partial charge is 0.497 e. The molecule has 0 aliphatic carbocycles. The molecule has 0 spiro atoms. The van der Waals surface area contributed by atoms with Crippen LogP contribution in [-0.2, 0) is 6.54 Å². The average Bonchev–Trinajstić information content (AvgIpc) is 2.53. The lowest BCUT2D eigenvalue weighted by Crippen LogP contribution is -2.26. The van der Waals surface area contributed by atoms with E-state index in [2.05, 4.69) is 15.3 Å². The van der Waals surface area contributed by atoms with Crippen molar-refractivity contribution in [1.29, 1.82) is 0 Å². The fourth-order valence-electron chi connectivity index (χ4n) is 1.67. The molecule has 0 atom stereocenters. The number of aromatic carboxylic acids is 1. The minimum atomic E-state index is -1.29. The molecule has 0 bridgehead atoms. The highest BCUT2D eigenvalue weighted by Crippen LogP contribution is 2.11. The molecule has 0 saturated carbocycles. The van der Waals surface area contributed by atoms with Crippen LogP contribution in [0.4, 0.5) is 0 Å². The Balaban J connectivity index is 2.06. The van der Waals surface area contributed by atoms with Crippen molar-refractivity contribution in [2.45, 2.75) is 6.54 Å². The van der Waals surface area contributed by atoms with E-state index >= 15 is 0 Å². The zero-order chi connectivity index (χ0) is 15.2. The number of carbonyl (C=O) groups excluding carboxylic acids is 1. The van der Waals surface area contributed by atoms with Gasteiger partial charge in [0.15, 0.2) is 11.4 Å². The number of methoxy groups -OCH3 is 1. The van der Waals surface area contributed by atoms with Crippen molar-refractivity contribution in [2.24, 2.45) is 0 Å². The summed E-state index contributed by atoms with van der Waals surface area (Å²) in [5, 5.41) is 11.6. The lowest BCUT2D eigenvalue weighted by atomic mass is 10.2. The van der Waals surface area contributed by atoms with E-state index in [9.17, 15) is 9.59 Å². The van der Waals surface area contributed by atoms with Crippen LogP contribution in [0.25, 0.3) is 0 Å². The molecular weight excluding hydrogens is 274 g/mol. The van der Waals surface area contributed by atoms with Crippen molar-refractivity contribution in [3.05, 3.63) is 53.6 Å². The maximum absolute atomic E-state index is 12.0. The van der Waals surface area contributed by atoms with Crippen LogP contribution in [0.1, 0.15) is 26.5 Å². The fraction of sp³-hybridized carbons (Fsp3) is 0.143. The van der Waals surface area contributed by atoms with Crippen molar-refractivity contribution in [3.63, 3.8) is 0 Å². The number of hydrogen-bond donors (Lipinski definition) is 2. The third kappa shape index (κ3) is 3.53. The molecule has 1 amide bonds. The number of carboxylic acid groups (broad SMARTS) is 1. The van der Waals surface area contributed by atoms with Gasteiger partial charge in [0.25, 0.3) is 5.91 Å². The van der Waals surface area contributed by atoms with Crippen molar-refractivity contribution in [3.8, 4) is 5.75 Å². The zero-order valence-corrected chi connectivity index (χ0v) is 11.2. The Morgan fingerprint density at radius 3 is 2.33 bits per heavy atom. The molecule has 108 valence electrons. The predicted molar refractivity (Wildman–Crippen MR) is 73.2 cm³/mol. The molecule has 2 rings (SSSR count). The number of aromatic nitrogens is 2. The highest BCUT2D eigenvalue weighted by atomic mass is 16.5. The number of carboxylic acids is 1. The number of ether oxygens (including phenoxy) is 1. The Bertz CT molecular complexity index is 656. The topological polar surface area (TPSA) is 101 Å². The van der Waals surface area contributed by atoms with E-state index in [0.717, 1.165) is 5.56 Å².